The Morgan fingerprint density at radius 3 is 2.72 bits per heavy atom. The zero-order valence-corrected chi connectivity index (χ0v) is 18.9. The fourth-order valence-corrected chi connectivity index (χ4v) is 4.80. The minimum atomic E-state index is 0. The highest BCUT2D eigenvalue weighted by Crippen LogP contribution is 2.27. The first-order chi connectivity index (χ1) is 11.6. The molecule has 1 saturated heterocycles. The normalized spacial score (nSPS) is 22.8. The summed E-state index contributed by atoms with van der Waals surface area (Å²) in [4.78, 5) is 8.54. The number of guanidine groups is 1. The fourth-order valence-electron chi connectivity index (χ4n) is 3.95. The first-order valence-electron chi connectivity index (χ1n) is 9.34. The van der Waals surface area contributed by atoms with E-state index in [0.29, 0.717) is 6.04 Å². The van der Waals surface area contributed by atoms with Crippen molar-refractivity contribution in [3.05, 3.63) is 22.4 Å². The molecule has 3 rings (SSSR count). The highest BCUT2D eigenvalue weighted by atomic mass is 127. The van der Waals surface area contributed by atoms with Crippen LogP contribution < -0.4 is 10.6 Å². The van der Waals surface area contributed by atoms with Crippen molar-refractivity contribution in [3.8, 4) is 0 Å². The third-order valence-corrected chi connectivity index (χ3v) is 6.75. The van der Waals surface area contributed by atoms with E-state index in [1.165, 1.54) is 50.1 Å². The molecule has 0 radical (unpaired) electrons. The standard InChI is InChI=1S/C19H32N4S.HI/c1-19(2,17-9-6-12-24-17)14-21-18(20-3)22-15-10-11-23(13-15)16-7-4-5-8-16;/h6,9,12,15-16H,4-5,7-8,10-11,13-14H2,1-3H3,(H2,20,21,22);1H. The molecule has 1 atom stereocenters. The second-order valence-corrected chi connectivity index (χ2v) is 8.80. The van der Waals surface area contributed by atoms with Crippen LogP contribution in [0.4, 0.5) is 0 Å². The summed E-state index contributed by atoms with van der Waals surface area (Å²) >= 11 is 1.83. The van der Waals surface area contributed by atoms with E-state index in [1.54, 1.807) is 0 Å². The summed E-state index contributed by atoms with van der Waals surface area (Å²) < 4.78 is 0. The fraction of sp³-hybridized carbons (Fsp3) is 0.737. The molecule has 1 saturated carbocycles. The van der Waals surface area contributed by atoms with Gasteiger partial charge in [-0.2, -0.15) is 0 Å². The molecule has 2 aliphatic rings. The number of nitrogens with one attached hydrogen (secondary N) is 2. The molecule has 1 aromatic rings. The summed E-state index contributed by atoms with van der Waals surface area (Å²) in [5.41, 5.74) is 0.122. The van der Waals surface area contributed by atoms with Gasteiger partial charge in [0.25, 0.3) is 0 Å². The van der Waals surface area contributed by atoms with Crippen LogP contribution in [0.3, 0.4) is 0 Å². The molecule has 142 valence electrons. The summed E-state index contributed by atoms with van der Waals surface area (Å²) in [5, 5.41) is 9.33. The van der Waals surface area contributed by atoms with Gasteiger partial charge in [0.1, 0.15) is 0 Å². The Morgan fingerprint density at radius 1 is 1.32 bits per heavy atom. The SMILES string of the molecule is CN=C(NCC(C)(C)c1cccs1)NC1CCN(C2CCCC2)C1.I. The van der Waals surface area contributed by atoms with Crippen LogP contribution in [0, 0.1) is 0 Å². The Hall–Kier alpha value is -0.340. The van der Waals surface area contributed by atoms with Crippen molar-refractivity contribution in [1.29, 1.82) is 0 Å². The van der Waals surface area contributed by atoms with E-state index in [2.05, 4.69) is 51.9 Å². The van der Waals surface area contributed by atoms with Crippen molar-refractivity contribution in [3.63, 3.8) is 0 Å². The third kappa shape index (κ3) is 5.57. The lowest BCUT2D eigenvalue weighted by atomic mass is 9.91. The molecular weight excluding hydrogens is 443 g/mol. The summed E-state index contributed by atoms with van der Waals surface area (Å²) in [6.45, 7) is 7.87. The quantitative estimate of drug-likeness (QED) is 0.386. The van der Waals surface area contributed by atoms with E-state index in [0.717, 1.165) is 18.5 Å². The van der Waals surface area contributed by atoms with E-state index < -0.39 is 0 Å². The maximum absolute atomic E-state index is 4.44. The van der Waals surface area contributed by atoms with Crippen LogP contribution in [0.1, 0.15) is 50.8 Å². The monoisotopic (exact) mass is 476 g/mol. The Bertz CT molecular complexity index is 538. The molecule has 0 spiro atoms. The summed E-state index contributed by atoms with van der Waals surface area (Å²) in [6, 6.07) is 5.72. The first-order valence-corrected chi connectivity index (χ1v) is 10.2. The van der Waals surface area contributed by atoms with Crippen molar-refractivity contribution in [1.82, 2.24) is 15.5 Å². The number of hydrogen-bond acceptors (Lipinski definition) is 3. The third-order valence-electron chi connectivity index (χ3n) is 5.51. The van der Waals surface area contributed by atoms with E-state index in [1.807, 2.05) is 18.4 Å². The lowest BCUT2D eigenvalue weighted by molar-refractivity contribution is 0.242. The van der Waals surface area contributed by atoms with E-state index >= 15 is 0 Å². The van der Waals surface area contributed by atoms with Crippen LogP contribution in [0.15, 0.2) is 22.5 Å². The van der Waals surface area contributed by atoms with Crippen LogP contribution in [-0.2, 0) is 5.41 Å². The number of thiophene rings is 1. The molecule has 2 heterocycles. The molecule has 0 aromatic carbocycles. The Morgan fingerprint density at radius 2 is 2.08 bits per heavy atom. The van der Waals surface area contributed by atoms with Crippen molar-refractivity contribution in [2.75, 3.05) is 26.7 Å². The molecule has 2 fully saturated rings. The molecule has 0 bridgehead atoms. The van der Waals surface area contributed by atoms with Gasteiger partial charge in [0.15, 0.2) is 5.96 Å². The molecular formula is C19H33IN4S. The second-order valence-electron chi connectivity index (χ2n) is 7.85. The van der Waals surface area contributed by atoms with Gasteiger partial charge >= 0.3 is 0 Å². The number of aliphatic imine (C=N–C) groups is 1. The zero-order chi connectivity index (χ0) is 17.0. The maximum Gasteiger partial charge on any atom is 0.191 e. The summed E-state index contributed by atoms with van der Waals surface area (Å²) in [7, 11) is 1.87. The smallest absolute Gasteiger partial charge is 0.191 e. The maximum atomic E-state index is 4.44. The van der Waals surface area contributed by atoms with Gasteiger partial charge in [0, 0.05) is 49.1 Å². The molecule has 1 unspecified atom stereocenters. The van der Waals surface area contributed by atoms with Gasteiger partial charge < -0.3 is 10.6 Å². The van der Waals surface area contributed by atoms with Gasteiger partial charge in [-0.1, -0.05) is 32.8 Å². The molecule has 1 aliphatic heterocycles. The number of nitrogens with zero attached hydrogens (tertiary/aromatic N) is 2. The van der Waals surface area contributed by atoms with Crippen molar-refractivity contribution >= 4 is 41.3 Å². The number of likely N-dealkylation sites (tertiary alicyclic amines) is 1. The predicted octanol–water partition coefficient (Wildman–Crippen LogP) is 3.83. The lowest BCUT2D eigenvalue weighted by Crippen LogP contribution is -2.48. The Balaban J connectivity index is 0.00000225. The lowest BCUT2D eigenvalue weighted by Gasteiger charge is -2.27. The Kier molecular flexibility index (Phi) is 8.01. The summed E-state index contributed by atoms with van der Waals surface area (Å²) in [6.07, 6.45) is 6.86. The van der Waals surface area contributed by atoms with Crippen LogP contribution in [-0.4, -0.2) is 49.6 Å². The molecule has 25 heavy (non-hydrogen) atoms. The van der Waals surface area contributed by atoms with Crippen molar-refractivity contribution < 1.29 is 0 Å². The van der Waals surface area contributed by atoms with Crippen LogP contribution >= 0.6 is 35.3 Å². The van der Waals surface area contributed by atoms with Gasteiger partial charge in [0.2, 0.25) is 0 Å². The van der Waals surface area contributed by atoms with Crippen LogP contribution in [0.25, 0.3) is 0 Å². The van der Waals surface area contributed by atoms with Crippen LogP contribution in [0.2, 0.25) is 0 Å². The largest absolute Gasteiger partial charge is 0.356 e. The van der Waals surface area contributed by atoms with Crippen LogP contribution in [0.5, 0.6) is 0 Å². The second kappa shape index (κ2) is 9.55. The number of hydrogen-bond donors (Lipinski definition) is 2. The van der Waals surface area contributed by atoms with Gasteiger partial charge in [-0.25, -0.2) is 0 Å². The van der Waals surface area contributed by atoms with Crippen molar-refractivity contribution in [2.24, 2.45) is 4.99 Å². The predicted molar refractivity (Wildman–Crippen MR) is 119 cm³/mol. The van der Waals surface area contributed by atoms with E-state index in [9.17, 15) is 0 Å². The molecule has 4 nitrogen and oxygen atoms in total. The highest BCUT2D eigenvalue weighted by molar-refractivity contribution is 14.0. The number of rotatable bonds is 5. The van der Waals surface area contributed by atoms with Gasteiger partial charge in [-0.3, -0.25) is 9.89 Å². The van der Waals surface area contributed by atoms with Gasteiger partial charge in [0.05, 0.1) is 0 Å². The average Bonchev–Trinajstić information content (AvgIpc) is 3.33. The summed E-state index contributed by atoms with van der Waals surface area (Å²) in [5.74, 6) is 0.943. The van der Waals surface area contributed by atoms with Gasteiger partial charge in [-0.05, 0) is 30.7 Å². The van der Waals surface area contributed by atoms with Gasteiger partial charge in [-0.15, -0.1) is 35.3 Å². The molecule has 1 aromatic heterocycles. The molecule has 1 aliphatic carbocycles. The first kappa shape index (κ1) is 21.0. The Labute approximate surface area is 173 Å². The van der Waals surface area contributed by atoms with E-state index in [4.69, 9.17) is 0 Å². The zero-order valence-electron chi connectivity index (χ0n) is 15.8. The molecule has 2 N–H and O–H groups in total. The van der Waals surface area contributed by atoms with Crippen molar-refractivity contribution in [2.45, 2.75) is 63.5 Å². The molecule has 6 heteroatoms. The topological polar surface area (TPSA) is 39.7 Å². The average molecular weight is 476 g/mol. The van der Waals surface area contributed by atoms with E-state index in [-0.39, 0.29) is 29.4 Å². The highest BCUT2D eigenvalue weighted by Gasteiger charge is 2.30. The minimum absolute atomic E-state index is 0. The molecule has 0 amide bonds. The number of halogens is 1. The minimum Gasteiger partial charge on any atom is -0.356 e.